The molecular formula is C63H58N2. The largest absolute Gasteiger partial charge is 0.310 e. The van der Waals surface area contributed by atoms with Crippen LogP contribution in [0.1, 0.15) is 112 Å². The summed E-state index contributed by atoms with van der Waals surface area (Å²) in [6.07, 6.45) is 13.3. The van der Waals surface area contributed by atoms with Gasteiger partial charge in [0.05, 0.1) is 16.7 Å². The van der Waals surface area contributed by atoms with Crippen LogP contribution in [0.3, 0.4) is 0 Å². The van der Waals surface area contributed by atoms with E-state index >= 15 is 0 Å². The molecule has 12 rings (SSSR count). The summed E-state index contributed by atoms with van der Waals surface area (Å²) < 4.78 is 2.55. The Kier molecular flexibility index (Phi) is 10.1. The standard InChI is InChI=1S/C63H58N2/c1-63(2)57-42-59(64(50-35-31-45(32-36-50)43-19-8-3-9-20-43)51-37-33-46(34-38-51)44-21-10-4-11-22-44)55(48-25-14-6-15-26-48)41-56(57)53-39-40-54-60-52(47-23-12-5-13-24-47)29-18-30-58(60)65(62(54)61(53)63)49-27-16-7-17-28-49/h5-7,12-18,23-44H,3-4,8-11,19-22H2,1-2H3. The monoisotopic (exact) mass is 842 g/mol. The smallest absolute Gasteiger partial charge is 0.0588 e. The highest BCUT2D eigenvalue weighted by Crippen LogP contribution is 2.57. The van der Waals surface area contributed by atoms with Crippen LogP contribution in [-0.4, -0.2) is 4.57 Å². The number of fused-ring (bicyclic) bond motifs is 7. The summed E-state index contributed by atoms with van der Waals surface area (Å²) in [6.45, 7) is 4.94. The van der Waals surface area contributed by atoms with Crippen molar-refractivity contribution in [2.45, 2.75) is 95.3 Å². The minimum atomic E-state index is -0.316. The summed E-state index contributed by atoms with van der Waals surface area (Å²) in [4.78, 5) is 2.57. The van der Waals surface area contributed by atoms with Gasteiger partial charge in [-0.25, -0.2) is 0 Å². The molecule has 2 nitrogen and oxygen atoms in total. The molecule has 0 radical (unpaired) electrons. The molecule has 3 aliphatic carbocycles. The molecule has 1 aromatic heterocycles. The van der Waals surface area contributed by atoms with Gasteiger partial charge in [0.1, 0.15) is 0 Å². The van der Waals surface area contributed by atoms with E-state index in [9.17, 15) is 0 Å². The van der Waals surface area contributed by atoms with Crippen LogP contribution in [0.4, 0.5) is 17.1 Å². The number of benzene rings is 8. The molecule has 3 aliphatic rings. The number of hydrogen-bond acceptors (Lipinski definition) is 1. The highest BCUT2D eigenvalue weighted by Gasteiger charge is 2.40. The molecule has 2 fully saturated rings. The number of aromatic nitrogens is 1. The predicted octanol–water partition coefficient (Wildman–Crippen LogP) is 18.0. The van der Waals surface area contributed by atoms with Crippen molar-refractivity contribution in [1.29, 1.82) is 0 Å². The zero-order chi connectivity index (χ0) is 43.5. The first kappa shape index (κ1) is 39.9. The van der Waals surface area contributed by atoms with Gasteiger partial charge in [-0.1, -0.05) is 180 Å². The first-order chi connectivity index (χ1) is 32.0. The van der Waals surface area contributed by atoms with Gasteiger partial charge in [-0.2, -0.15) is 0 Å². The number of para-hydroxylation sites is 1. The number of rotatable bonds is 8. The molecule has 0 saturated heterocycles. The quantitative estimate of drug-likeness (QED) is 0.148. The van der Waals surface area contributed by atoms with Crippen molar-refractivity contribution in [3.63, 3.8) is 0 Å². The Labute approximate surface area is 385 Å². The van der Waals surface area contributed by atoms with E-state index in [1.165, 1.54) is 164 Å². The van der Waals surface area contributed by atoms with E-state index in [1.54, 1.807) is 0 Å². The lowest BCUT2D eigenvalue weighted by molar-refractivity contribution is 0.443. The molecule has 65 heavy (non-hydrogen) atoms. The fraction of sp³-hybridized carbons (Fsp3) is 0.238. The average Bonchev–Trinajstić information content (AvgIpc) is 3.83. The van der Waals surface area contributed by atoms with Gasteiger partial charge in [-0.15, -0.1) is 0 Å². The van der Waals surface area contributed by atoms with Crippen molar-refractivity contribution in [2.75, 3.05) is 4.90 Å². The van der Waals surface area contributed by atoms with Gasteiger partial charge < -0.3 is 9.47 Å². The lowest BCUT2D eigenvalue weighted by atomic mass is 9.80. The Balaban J connectivity index is 1.09. The second-order valence-corrected chi connectivity index (χ2v) is 19.7. The van der Waals surface area contributed by atoms with E-state index in [-0.39, 0.29) is 5.41 Å². The molecule has 0 atom stereocenters. The summed E-state index contributed by atoms with van der Waals surface area (Å²) in [6, 6.07) is 69.2. The van der Waals surface area contributed by atoms with E-state index in [0.717, 1.165) is 0 Å². The van der Waals surface area contributed by atoms with Crippen molar-refractivity contribution in [1.82, 2.24) is 4.57 Å². The maximum absolute atomic E-state index is 2.57. The van der Waals surface area contributed by atoms with Crippen molar-refractivity contribution >= 4 is 38.9 Å². The first-order valence-corrected chi connectivity index (χ1v) is 24.5. The molecule has 2 heteroatoms. The Hall–Kier alpha value is -6.64. The van der Waals surface area contributed by atoms with Gasteiger partial charge in [-0.3, -0.25) is 0 Å². The summed E-state index contributed by atoms with van der Waals surface area (Å²) in [7, 11) is 0. The van der Waals surface area contributed by atoms with Crippen molar-refractivity contribution in [2.24, 2.45) is 0 Å². The van der Waals surface area contributed by atoms with E-state index in [4.69, 9.17) is 0 Å². The molecule has 2 saturated carbocycles. The van der Waals surface area contributed by atoms with Gasteiger partial charge in [0.2, 0.25) is 0 Å². The molecule has 0 spiro atoms. The topological polar surface area (TPSA) is 8.17 Å². The van der Waals surface area contributed by atoms with Crippen molar-refractivity contribution < 1.29 is 0 Å². The van der Waals surface area contributed by atoms with E-state index in [1.807, 2.05) is 0 Å². The lowest BCUT2D eigenvalue weighted by Gasteiger charge is -2.31. The Bertz CT molecular complexity index is 3080. The number of anilines is 3. The molecule has 0 unspecified atom stereocenters. The third kappa shape index (κ3) is 6.84. The summed E-state index contributed by atoms with van der Waals surface area (Å²) >= 11 is 0. The third-order valence-corrected chi connectivity index (χ3v) is 15.6. The molecule has 1 heterocycles. The SMILES string of the molecule is CC1(C)c2cc(N(c3ccc(C4CCCCC4)cc3)c3ccc(C4CCCCC4)cc3)c(-c3ccccc3)cc2-c2ccc3c4c(-c5ccccc5)cccc4n(-c4ccccc4)c3c21. The van der Waals surface area contributed by atoms with E-state index in [0.29, 0.717) is 11.8 Å². The Morgan fingerprint density at radius 2 is 1.00 bits per heavy atom. The Morgan fingerprint density at radius 1 is 0.462 bits per heavy atom. The highest BCUT2D eigenvalue weighted by atomic mass is 15.1. The maximum atomic E-state index is 2.57. The summed E-state index contributed by atoms with van der Waals surface area (Å²) in [5, 5.41) is 2.60. The van der Waals surface area contributed by atoms with Crippen LogP contribution in [0.2, 0.25) is 0 Å². The summed E-state index contributed by atoms with van der Waals surface area (Å²) in [5.74, 6) is 1.32. The molecule has 0 bridgehead atoms. The first-order valence-electron chi connectivity index (χ1n) is 24.5. The normalized spacial score (nSPS) is 16.2. The van der Waals surface area contributed by atoms with Gasteiger partial charge in [0, 0.05) is 38.8 Å². The third-order valence-electron chi connectivity index (χ3n) is 15.6. The second-order valence-electron chi connectivity index (χ2n) is 19.7. The van der Waals surface area contributed by atoms with Crippen LogP contribution in [0.15, 0.2) is 182 Å². The fourth-order valence-corrected chi connectivity index (χ4v) is 12.3. The van der Waals surface area contributed by atoms with Gasteiger partial charge >= 0.3 is 0 Å². The molecule has 0 N–H and O–H groups in total. The maximum Gasteiger partial charge on any atom is 0.0588 e. The van der Waals surface area contributed by atoms with Crippen LogP contribution < -0.4 is 4.90 Å². The zero-order valence-electron chi connectivity index (χ0n) is 37.9. The minimum absolute atomic E-state index is 0.316. The predicted molar refractivity (Wildman–Crippen MR) is 276 cm³/mol. The van der Waals surface area contributed by atoms with Gasteiger partial charge in [0.15, 0.2) is 0 Å². The molecule has 0 amide bonds. The summed E-state index contributed by atoms with van der Waals surface area (Å²) in [5.41, 5.74) is 20.4. The van der Waals surface area contributed by atoms with Crippen molar-refractivity contribution in [3.05, 3.63) is 204 Å². The number of hydrogen-bond donors (Lipinski definition) is 0. The van der Waals surface area contributed by atoms with Crippen molar-refractivity contribution in [3.8, 4) is 39.1 Å². The van der Waals surface area contributed by atoms with Crippen LogP contribution in [0.5, 0.6) is 0 Å². The van der Waals surface area contributed by atoms with Crippen LogP contribution in [0.25, 0.3) is 60.9 Å². The zero-order valence-corrected chi connectivity index (χ0v) is 37.9. The Morgan fingerprint density at radius 3 is 1.57 bits per heavy atom. The van der Waals surface area contributed by atoms with E-state index < -0.39 is 0 Å². The molecule has 0 aliphatic heterocycles. The molecule has 9 aromatic rings. The minimum Gasteiger partial charge on any atom is -0.310 e. The van der Waals surface area contributed by atoms with Gasteiger partial charge in [-0.05, 0) is 142 Å². The van der Waals surface area contributed by atoms with Crippen LogP contribution in [-0.2, 0) is 5.41 Å². The molecular weight excluding hydrogens is 785 g/mol. The van der Waals surface area contributed by atoms with Gasteiger partial charge in [0.25, 0.3) is 0 Å². The molecule has 8 aromatic carbocycles. The fourth-order valence-electron chi connectivity index (χ4n) is 12.3. The number of nitrogens with zero attached hydrogens (tertiary/aromatic N) is 2. The van der Waals surface area contributed by atoms with Crippen LogP contribution >= 0.6 is 0 Å². The average molecular weight is 843 g/mol. The van der Waals surface area contributed by atoms with E-state index in [2.05, 4.69) is 205 Å². The molecule has 320 valence electrons. The highest BCUT2D eigenvalue weighted by molar-refractivity contribution is 6.18. The van der Waals surface area contributed by atoms with Crippen LogP contribution in [0, 0.1) is 0 Å². The second kappa shape index (κ2) is 16.4. The lowest BCUT2D eigenvalue weighted by Crippen LogP contribution is -2.18.